The van der Waals surface area contributed by atoms with Crippen LogP contribution in [-0.2, 0) is 30.3 Å². The predicted molar refractivity (Wildman–Crippen MR) is 159 cm³/mol. The van der Waals surface area contributed by atoms with Crippen LogP contribution in [0.25, 0.3) is 0 Å². The number of fused-ring (bicyclic) bond motifs is 1. The number of amides is 1. The fourth-order valence-corrected chi connectivity index (χ4v) is 5.69. The zero-order chi connectivity index (χ0) is 30.0. The molecule has 0 saturated carbocycles. The van der Waals surface area contributed by atoms with Crippen LogP contribution < -0.4 is 14.4 Å². The van der Waals surface area contributed by atoms with Gasteiger partial charge in [0.2, 0.25) is 0 Å². The molecule has 11 nitrogen and oxygen atoms in total. The summed E-state index contributed by atoms with van der Waals surface area (Å²) in [5, 5.41) is 9.95. The smallest absolute Gasteiger partial charge is 0.407 e. The molecule has 1 N–H and O–H groups in total. The maximum Gasteiger partial charge on any atom is 0.407 e. The molecule has 4 atom stereocenters. The summed E-state index contributed by atoms with van der Waals surface area (Å²) >= 11 is 0. The molecule has 2 aromatic carbocycles. The van der Waals surface area contributed by atoms with Crippen LogP contribution in [0.1, 0.15) is 29.9 Å². The summed E-state index contributed by atoms with van der Waals surface area (Å²) in [7, 11) is 3.39. The molecule has 2 saturated heterocycles. The normalized spacial score (nSPS) is 23.0. The molecule has 0 spiro atoms. The number of carbonyl (C=O) groups is 1. The Kier molecular flexibility index (Phi) is 11.4. The van der Waals surface area contributed by atoms with Gasteiger partial charge < -0.3 is 48.1 Å². The number of piperidine rings is 1. The van der Waals surface area contributed by atoms with Gasteiger partial charge in [-0.2, -0.15) is 0 Å². The Morgan fingerprint density at radius 3 is 2.44 bits per heavy atom. The molecule has 0 bridgehead atoms. The largest absolute Gasteiger partial charge is 0.494 e. The van der Waals surface area contributed by atoms with Crippen molar-refractivity contribution in [2.75, 3.05) is 84.9 Å². The minimum atomic E-state index is -0.985. The number of anilines is 1. The Morgan fingerprint density at radius 2 is 1.72 bits per heavy atom. The summed E-state index contributed by atoms with van der Waals surface area (Å²) in [6.07, 6.45) is -0.00109. The standard InChI is InChI=1S/C32H44N2O9/c1-37-13-3-11-33-12-16-40-28-10-5-23(17-27(28)33)20-42-29-18-34(32(35)36)19-30(43-22-26-21-41-26)31(29)24-6-8-25(9-7-24)39-15-4-14-38-2/h5-10,17,26,29-31H,3-4,11-16,18-22H2,1-2H3,(H,35,36)/t26?,29-,30+,31+/m0/s1. The molecular weight excluding hydrogens is 556 g/mol. The van der Waals surface area contributed by atoms with Crippen molar-refractivity contribution in [3.8, 4) is 11.5 Å². The second-order valence-electron chi connectivity index (χ2n) is 11.1. The highest BCUT2D eigenvalue weighted by Gasteiger charge is 2.42. The molecule has 0 aliphatic carbocycles. The van der Waals surface area contributed by atoms with Crippen molar-refractivity contribution in [3.05, 3.63) is 53.6 Å². The average molecular weight is 601 g/mol. The Hall–Kier alpha value is -3.09. The summed E-state index contributed by atoms with van der Waals surface area (Å²) in [5.74, 6) is 1.46. The van der Waals surface area contributed by atoms with E-state index in [1.54, 1.807) is 14.2 Å². The van der Waals surface area contributed by atoms with Crippen molar-refractivity contribution < 1.29 is 43.1 Å². The van der Waals surface area contributed by atoms with Crippen LogP contribution in [0.3, 0.4) is 0 Å². The maximum atomic E-state index is 12.1. The topological polar surface area (TPSA) is 112 Å². The third-order valence-corrected chi connectivity index (χ3v) is 8.02. The van der Waals surface area contributed by atoms with E-state index in [2.05, 4.69) is 11.0 Å². The summed E-state index contributed by atoms with van der Waals surface area (Å²) in [5.41, 5.74) is 3.06. The van der Waals surface area contributed by atoms with Gasteiger partial charge in [0.15, 0.2) is 0 Å². The van der Waals surface area contributed by atoms with Crippen molar-refractivity contribution in [2.24, 2.45) is 0 Å². The minimum absolute atomic E-state index is 0.0626. The van der Waals surface area contributed by atoms with Gasteiger partial charge in [0.25, 0.3) is 0 Å². The summed E-state index contributed by atoms with van der Waals surface area (Å²) in [4.78, 5) is 15.9. The van der Waals surface area contributed by atoms with Gasteiger partial charge in [-0.15, -0.1) is 0 Å². The van der Waals surface area contributed by atoms with E-state index in [1.165, 1.54) is 4.90 Å². The van der Waals surface area contributed by atoms with E-state index in [0.29, 0.717) is 46.2 Å². The summed E-state index contributed by atoms with van der Waals surface area (Å²) in [6.45, 7) is 6.17. The minimum Gasteiger partial charge on any atom is -0.494 e. The Balaban J connectivity index is 1.33. The van der Waals surface area contributed by atoms with Gasteiger partial charge >= 0.3 is 6.09 Å². The molecule has 1 amide bonds. The van der Waals surface area contributed by atoms with Gasteiger partial charge in [0, 0.05) is 46.3 Å². The zero-order valence-electron chi connectivity index (χ0n) is 25.2. The van der Waals surface area contributed by atoms with Gasteiger partial charge in [0.05, 0.1) is 64.0 Å². The highest BCUT2D eigenvalue weighted by Crippen LogP contribution is 2.36. The molecule has 0 radical (unpaired) electrons. The number of ether oxygens (including phenoxy) is 7. The lowest BCUT2D eigenvalue weighted by molar-refractivity contribution is -0.0911. The third kappa shape index (κ3) is 8.73. The van der Waals surface area contributed by atoms with E-state index in [0.717, 1.165) is 54.2 Å². The van der Waals surface area contributed by atoms with Crippen molar-refractivity contribution in [1.82, 2.24) is 4.90 Å². The molecule has 1 unspecified atom stereocenters. The van der Waals surface area contributed by atoms with Gasteiger partial charge in [-0.3, -0.25) is 0 Å². The number of epoxide rings is 1. The highest BCUT2D eigenvalue weighted by atomic mass is 16.6. The SMILES string of the molecule is COCCCOc1ccc([C@@H]2[C@@H](OCc3ccc4c(c3)N(CCCOC)CCO4)CN(C(=O)O)C[C@H]2OCC2CO2)cc1. The lowest BCUT2D eigenvalue weighted by atomic mass is 9.84. The highest BCUT2D eigenvalue weighted by molar-refractivity contribution is 5.65. The molecule has 43 heavy (non-hydrogen) atoms. The molecule has 236 valence electrons. The Labute approximate surface area is 253 Å². The van der Waals surface area contributed by atoms with E-state index in [1.807, 2.05) is 36.4 Å². The van der Waals surface area contributed by atoms with Gasteiger partial charge in [0.1, 0.15) is 24.2 Å². The molecular formula is C32H44N2O9. The molecule has 2 aromatic rings. The van der Waals surface area contributed by atoms with Crippen LogP contribution >= 0.6 is 0 Å². The van der Waals surface area contributed by atoms with E-state index in [-0.39, 0.29) is 31.2 Å². The lowest BCUT2D eigenvalue weighted by Gasteiger charge is -2.42. The number of nitrogens with zero attached hydrogens (tertiary/aromatic N) is 2. The number of likely N-dealkylation sites (tertiary alicyclic amines) is 1. The summed E-state index contributed by atoms with van der Waals surface area (Å²) < 4.78 is 40.4. The van der Waals surface area contributed by atoms with Crippen molar-refractivity contribution in [2.45, 2.75) is 43.7 Å². The second kappa shape index (κ2) is 15.6. The van der Waals surface area contributed by atoms with Crippen LogP contribution in [-0.4, -0.2) is 114 Å². The first-order valence-electron chi connectivity index (χ1n) is 15.1. The van der Waals surface area contributed by atoms with E-state index in [4.69, 9.17) is 33.2 Å². The molecule has 2 fully saturated rings. The van der Waals surface area contributed by atoms with E-state index >= 15 is 0 Å². The van der Waals surface area contributed by atoms with E-state index in [9.17, 15) is 9.90 Å². The van der Waals surface area contributed by atoms with Crippen molar-refractivity contribution >= 4 is 11.8 Å². The molecule has 3 aliphatic rings. The Bertz CT molecular complexity index is 1160. The number of benzene rings is 2. The molecule has 0 aromatic heterocycles. The first kappa shape index (κ1) is 31.3. The molecule has 3 heterocycles. The lowest BCUT2D eigenvalue weighted by Crippen LogP contribution is -2.54. The van der Waals surface area contributed by atoms with Gasteiger partial charge in [-0.25, -0.2) is 4.79 Å². The maximum absolute atomic E-state index is 12.1. The molecule has 11 heteroatoms. The van der Waals surface area contributed by atoms with Crippen LogP contribution in [0.5, 0.6) is 11.5 Å². The fourth-order valence-electron chi connectivity index (χ4n) is 5.69. The zero-order valence-corrected chi connectivity index (χ0v) is 25.2. The number of hydrogen-bond donors (Lipinski definition) is 1. The van der Waals surface area contributed by atoms with Crippen LogP contribution in [0.4, 0.5) is 10.5 Å². The summed E-state index contributed by atoms with van der Waals surface area (Å²) in [6, 6.07) is 14.1. The fraction of sp³-hybridized carbons (Fsp3) is 0.594. The Morgan fingerprint density at radius 1 is 0.977 bits per heavy atom. The second-order valence-corrected chi connectivity index (χ2v) is 11.1. The first-order chi connectivity index (χ1) is 21.1. The predicted octanol–water partition coefficient (Wildman–Crippen LogP) is 3.78. The van der Waals surface area contributed by atoms with E-state index < -0.39 is 12.2 Å². The van der Waals surface area contributed by atoms with Crippen LogP contribution in [0, 0.1) is 0 Å². The number of rotatable bonds is 16. The van der Waals surface area contributed by atoms with Gasteiger partial charge in [-0.05, 0) is 41.8 Å². The number of hydrogen-bond acceptors (Lipinski definition) is 9. The molecule has 3 aliphatic heterocycles. The molecule has 5 rings (SSSR count). The number of carboxylic acid groups (broad SMARTS) is 1. The van der Waals surface area contributed by atoms with Crippen molar-refractivity contribution in [1.29, 1.82) is 0 Å². The quantitative estimate of drug-likeness (QED) is 0.226. The van der Waals surface area contributed by atoms with Crippen LogP contribution in [0.2, 0.25) is 0 Å². The first-order valence-corrected chi connectivity index (χ1v) is 15.1. The van der Waals surface area contributed by atoms with Crippen molar-refractivity contribution in [3.63, 3.8) is 0 Å². The number of methoxy groups -OCH3 is 2. The third-order valence-electron chi connectivity index (χ3n) is 8.02. The van der Waals surface area contributed by atoms with Crippen LogP contribution in [0.15, 0.2) is 42.5 Å². The average Bonchev–Trinajstić information content (AvgIpc) is 3.86. The van der Waals surface area contributed by atoms with Gasteiger partial charge in [-0.1, -0.05) is 18.2 Å². The monoisotopic (exact) mass is 600 g/mol.